The third-order valence-corrected chi connectivity index (χ3v) is 4.68. The number of halogens is 4. The van der Waals surface area contributed by atoms with Crippen LogP contribution in [0.15, 0.2) is 18.7 Å². The van der Waals surface area contributed by atoms with E-state index in [0.29, 0.717) is 18.0 Å². The highest BCUT2D eigenvalue weighted by atomic mass is 35.5. The zero-order chi connectivity index (χ0) is 16.2. The van der Waals surface area contributed by atoms with Gasteiger partial charge in [-0.1, -0.05) is 18.2 Å². The van der Waals surface area contributed by atoms with Gasteiger partial charge in [0, 0.05) is 23.2 Å². The summed E-state index contributed by atoms with van der Waals surface area (Å²) in [4.78, 5) is 14.3. The molecule has 0 aromatic heterocycles. The highest BCUT2D eigenvalue weighted by Crippen LogP contribution is 2.42. The number of alkyl halides is 3. The minimum Gasteiger partial charge on any atom is -0.331 e. The van der Waals surface area contributed by atoms with Gasteiger partial charge in [-0.25, -0.2) is 0 Å². The number of carbonyl (C=O) groups is 1. The van der Waals surface area contributed by atoms with Crippen molar-refractivity contribution in [3.8, 4) is 0 Å². The van der Waals surface area contributed by atoms with E-state index in [1.54, 1.807) is 11.0 Å². The number of nitrogens with zero attached hydrogens (tertiary/aromatic N) is 1. The molecule has 2 nitrogen and oxygen atoms in total. The average molecular weight is 330 g/mol. The molecule has 0 N–H and O–H groups in total. The predicted molar refractivity (Wildman–Crippen MR) is 78.6 cm³/mol. The molecule has 1 unspecified atom stereocenters. The minimum atomic E-state index is -4.59. The molecule has 1 fully saturated rings. The van der Waals surface area contributed by atoms with Gasteiger partial charge in [0.05, 0.1) is 11.1 Å². The third-order valence-electron chi connectivity index (χ3n) is 4.46. The second-order valence-corrected chi connectivity index (χ2v) is 6.41. The van der Waals surface area contributed by atoms with Crippen LogP contribution in [0.1, 0.15) is 41.3 Å². The van der Waals surface area contributed by atoms with E-state index in [4.69, 9.17) is 11.6 Å². The first-order valence-corrected chi connectivity index (χ1v) is 7.48. The number of hydrogen-bond acceptors (Lipinski definition) is 1. The van der Waals surface area contributed by atoms with E-state index in [2.05, 4.69) is 6.58 Å². The SMILES string of the molecule is C=C(c1cc(Cl)cc2c1C(=O)N(C(C)C1CC1)C2)C(F)(F)F. The summed E-state index contributed by atoms with van der Waals surface area (Å²) in [6.07, 6.45) is -2.47. The molecule has 1 aromatic carbocycles. The standard InChI is InChI=1S/C16H15ClF3NO/c1-8(16(18,19)20)13-6-12(17)5-11-7-21(15(22)14(11)13)9(2)10-3-4-10/h5-6,9-10H,1,3-4,7H2,2H3. The van der Waals surface area contributed by atoms with E-state index in [1.165, 1.54) is 6.07 Å². The first kappa shape index (κ1) is 15.4. The van der Waals surface area contributed by atoms with Crippen molar-refractivity contribution < 1.29 is 18.0 Å². The summed E-state index contributed by atoms with van der Waals surface area (Å²) >= 11 is 5.93. The molecule has 0 saturated heterocycles. The summed E-state index contributed by atoms with van der Waals surface area (Å²) in [7, 11) is 0. The molecule has 1 aliphatic carbocycles. The normalized spacial score (nSPS) is 19.3. The van der Waals surface area contributed by atoms with Crippen molar-refractivity contribution in [3.63, 3.8) is 0 Å². The topological polar surface area (TPSA) is 20.3 Å². The van der Waals surface area contributed by atoms with Crippen LogP contribution in [0.5, 0.6) is 0 Å². The smallest absolute Gasteiger partial charge is 0.331 e. The van der Waals surface area contributed by atoms with Crippen LogP contribution in [-0.4, -0.2) is 23.0 Å². The Bertz CT molecular complexity index is 664. The van der Waals surface area contributed by atoms with Crippen molar-refractivity contribution in [2.45, 2.75) is 38.5 Å². The highest BCUT2D eigenvalue weighted by Gasteiger charge is 2.42. The van der Waals surface area contributed by atoms with Crippen molar-refractivity contribution in [3.05, 3.63) is 40.4 Å². The number of benzene rings is 1. The lowest BCUT2D eigenvalue weighted by molar-refractivity contribution is -0.0686. The zero-order valence-corrected chi connectivity index (χ0v) is 12.8. The molecule has 118 valence electrons. The van der Waals surface area contributed by atoms with Crippen molar-refractivity contribution in [1.29, 1.82) is 0 Å². The molecule has 0 radical (unpaired) electrons. The zero-order valence-electron chi connectivity index (χ0n) is 12.0. The van der Waals surface area contributed by atoms with Crippen molar-refractivity contribution in [1.82, 2.24) is 4.90 Å². The molecular formula is C16H15ClF3NO. The fourth-order valence-electron chi connectivity index (χ4n) is 2.99. The Kier molecular flexibility index (Phi) is 3.51. The fraction of sp³-hybridized carbons (Fsp3) is 0.438. The molecule has 0 spiro atoms. The second-order valence-electron chi connectivity index (χ2n) is 5.97. The summed E-state index contributed by atoms with van der Waals surface area (Å²) in [6, 6.07) is 2.78. The monoisotopic (exact) mass is 329 g/mol. The molecule has 22 heavy (non-hydrogen) atoms. The largest absolute Gasteiger partial charge is 0.416 e. The van der Waals surface area contributed by atoms with Gasteiger partial charge in [0.1, 0.15) is 0 Å². The lowest BCUT2D eigenvalue weighted by Gasteiger charge is -2.24. The van der Waals surface area contributed by atoms with Gasteiger partial charge in [-0.15, -0.1) is 0 Å². The number of allylic oxidation sites excluding steroid dienone is 1. The van der Waals surface area contributed by atoms with Crippen LogP contribution in [0.3, 0.4) is 0 Å². The number of carbonyl (C=O) groups excluding carboxylic acids is 1. The molecular weight excluding hydrogens is 315 g/mol. The van der Waals surface area contributed by atoms with Crippen LogP contribution in [0.4, 0.5) is 13.2 Å². The van der Waals surface area contributed by atoms with Gasteiger partial charge in [-0.2, -0.15) is 13.2 Å². The summed E-state index contributed by atoms with van der Waals surface area (Å²) in [5, 5.41) is 0.188. The van der Waals surface area contributed by atoms with Gasteiger partial charge >= 0.3 is 6.18 Å². The Morgan fingerprint density at radius 3 is 2.59 bits per heavy atom. The molecule has 0 bridgehead atoms. The van der Waals surface area contributed by atoms with Gasteiger partial charge in [0.2, 0.25) is 0 Å². The fourth-order valence-corrected chi connectivity index (χ4v) is 3.23. The van der Waals surface area contributed by atoms with Gasteiger partial charge in [0.25, 0.3) is 5.91 Å². The predicted octanol–water partition coefficient (Wildman–Crippen LogP) is 4.67. The van der Waals surface area contributed by atoms with E-state index in [9.17, 15) is 18.0 Å². The maximum atomic E-state index is 13.0. The lowest BCUT2D eigenvalue weighted by atomic mass is 9.97. The van der Waals surface area contributed by atoms with Gasteiger partial charge < -0.3 is 4.90 Å². The highest BCUT2D eigenvalue weighted by molar-refractivity contribution is 6.31. The summed E-state index contributed by atoms with van der Waals surface area (Å²) in [5.74, 6) is 0.0921. The van der Waals surface area contributed by atoms with Crippen molar-refractivity contribution >= 4 is 23.1 Å². The van der Waals surface area contributed by atoms with Crippen LogP contribution in [0.25, 0.3) is 5.57 Å². The molecule has 6 heteroatoms. The van der Waals surface area contributed by atoms with E-state index >= 15 is 0 Å². The molecule has 2 aliphatic rings. The molecule has 1 amide bonds. The summed E-state index contributed by atoms with van der Waals surface area (Å²) < 4.78 is 39.0. The van der Waals surface area contributed by atoms with E-state index in [0.717, 1.165) is 12.8 Å². The van der Waals surface area contributed by atoms with Crippen molar-refractivity contribution in [2.75, 3.05) is 0 Å². The van der Waals surface area contributed by atoms with Crippen LogP contribution < -0.4 is 0 Å². The average Bonchev–Trinajstić information content (AvgIpc) is 3.21. The van der Waals surface area contributed by atoms with Gasteiger partial charge in [-0.05, 0) is 43.4 Å². The van der Waals surface area contributed by atoms with E-state index < -0.39 is 11.7 Å². The number of hydrogen-bond donors (Lipinski definition) is 0. The third kappa shape index (κ3) is 2.51. The molecule has 3 rings (SSSR count). The first-order chi connectivity index (χ1) is 10.2. The van der Waals surface area contributed by atoms with Crippen LogP contribution in [-0.2, 0) is 6.54 Å². The van der Waals surface area contributed by atoms with Crippen LogP contribution in [0.2, 0.25) is 5.02 Å². The Morgan fingerprint density at radius 1 is 1.41 bits per heavy atom. The second kappa shape index (κ2) is 5.01. The first-order valence-electron chi connectivity index (χ1n) is 7.10. The Morgan fingerprint density at radius 2 is 2.05 bits per heavy atom. The Hall–Kier alpha value is -1.49. The molecule has 1 heterocycles. The van der Waals surface area contributed by atoms with Gasteiger partial charge in [0.15, 0.2) is 0 Å². The minimum absolute atomic E-state index is 0.0330. The van der Waals surface area contributed by atoms with Crippen LogP contribution >= 0.6 is 11.6 Å². The summed E-state index contributed by atoms with van der Waals surface area (Å²) in [5.41, 5.74) is -0.587. The van der Waals surface area contributed by atoms with Crippen molar-refractivity contribution in [2.24, 2.45) is 5.92 Å². The van der Waals surface area contributed by atoms with Crippen LogP contribution in [0, 0.1) is 5.92 Å². The molecule has 1 atom stereocenters. The number of amides is 1. The maximum absolute atomic E-state index is 13.0. The Labute approximate surface area is 131 Å². The molecule has 1 aliphatic heterocycles. The quantitative estimate of drug-likeness (QED) is 0.789. The van der Waals surface area contributed by atoms with E-state index in [-0.39, 0.29) is 28.1 Å². The molecule has 1 aromatic rings. The van der Waals surface area contributed by atoms with Gasteiger partial charge in [-0.3, -0.25) is 4.79 Å². The summed E-state index contributed by atoms with van der Waals surface area (Å²) in [6.45, 7) is 5.37. The molecule has 1 saturated carbocycles. The lowest BCUT2D eigenvalue weighted by Crippen LogP contribution is -2.35. The maximum Gasteiger partial charge on any atom is 0.416 e. The van der Waals surface area contributed by atoms with E-state index in [1.807, 2.05) is 6.92 Å². The number of rotatable bonds is 3. The Balaban J connectivity index is 2.03. The number of fused-ring (bicyclic) bond motifs is 1.